The monoisotopic (exact) mass is 367 g/mol. The fourth-order valence-corrected chi connectivity index (χ4v) is 2.57. The minimum atomic E-state index is -1.14. The second kappa shape index (κ2) is 6.74. The Bertz CT molecular complexity index is 676. The van der Waals surface area contributed by atoms with E-state index >= 15 is 0 Å². The second-order valence-corrected chi connectivity index (χ2v) is 5.60. The first kappa shape index (κ1) is 15.5. The summed E-state index contributed by atoms with van der Waals surface area (Å²) in [5, 5.41) is 12.0. The molecule has 0 bridgehead atoms. The largest absolute Gasteiger partial charge is 0.479 e. The summed E-state index contributed by atoms with van der Waals surface area (Å²) in [5.41, 5.74) is 0.716. The number of nitrogens with one attached hydrogen (secondary N) is 1. The van der Waals surface area contributed by atoms with Crippen LogP contribution in [0.3, 0.4) is 0 Å². The van der Waals surface area contributed by atoms with Gasteiger partial charge in [0.15, 0.2) is 6.04 Å². The lowest BCUT2D eigenvalue weighted by Gasteiger charge is -2.15. The van der Waals surface area contributed by atoms with Crippen LogP contribution in [0.15, 0.2) is 53.0 Å². The van der Waals surface area contributed by atoms with Crippen molar-refractivity contribution in [1.29, 1.82) is 0 Å². The molecule has 1 amide bonds. The predicted octanol–water partition coefficient (Wildman–Crippen LogP) is 3.66. The fourth-order valence-electron chi connectivity index (χ4n) is 1.82. The number of hydrogen-bond acceptors (Lipinski definition) is 2. The van der Waals surface area contributed by atoms with Crippen LogP contribution in [-0.2, 0) is 4.79 Å². The van der Waals surface area contributed by atoms with Crippen LogP contribution in [0, 0.1) is 0 Å². The molecule has 0 fully saturated rings. The molecular formula is C15H11BrClNO3. The van der Waals surface area contributed by atoms with Crippen molar-refractivity contribution in [3.63, 3.8) is 0 Å². The maximum absolute atomic E-state index is 12.2. The average molecular weight is 369 g/mol. The van der Waals surface area contributed by atoms with E-state index in [-0.39, 0.29) is 10.6 Å². The molecule has 1 atom stereocenters. The van der Waals surface area contributed by atoms with Crippen molar-refractivity contribution < 1.29 is 14.7 Å². The van der Waals surface area contributed by atoms with E-state index in [2.05, 4.69) is 21.2 Å². The molecule has 6 heteroatoms. The van der Waals surface area contributed by atoms with E-state index in [1.807, 2.05) is 0 Å². The van der Waals surface area contributed by atoms with Gasteiger partial charge in [-0.3, -0.25) is 4.79 Å². The van der Waals surface area contributed by atoms with E-state index in [4.69, 9.17) is 11.6 Å². The molecule has 2 N–H and O–H groups in total. The van der Waals surface area contributed by atoms with E-state index in [1.54, 1.807) is 42.5 Å². The number of rotatable bonds is 4. The van der Waals surface area contributed by atoms with Crippen molar-refractivity contribution in [3.05, 3.63) is 69.2 Å². The maximum Gasteiger partial charge on any atom is 0.330 e. The van der Waals surface area contributed by atoms with Gasteiger partial charge in [0.1, 0.15) is 0 Å². The molecule has 21 heavy (non-hydrogen) atoms. The van der Waals surface area contributed by atoms with Gasteiger partial charge in [-0.2, -0.15) is 0 Å². The fraction of sp³-hybridized carbons (Fsp3) is 0.0667. The zero-order valence-corrected chi connectivity index (χ0v) is 13.1. The first-order valence-electron chi connectivity index (χ1n) is 6.02. The molecule has 4 nitrogen and oxygen atoms in total. The molecule has 0 aliphatic heterocycles. The molecule has 0 saturated carbocycles. The minimum absolute atomic E-state index is 0.224. The lowest BCUT2D eigenvalue weighted by molar-refractivity contribution is -0.139. The summed E-state index contributed by atoms with van der Waals surface area (Å²) in [6.45, 7) is 0. The standard InChI is InChI=1S/C15H11BrClNO3/c16-10-6-7-11(12(17)8-10)14(19)18-13(15(20)21)9-4-2-1-3-5-9/h1-8,13H,(H,18,19)(H,20,21)/t13-/m1/s1. The van der Waals surface area contributed by atoms with Gasteiger partial charge in [-0.15, -0.1) is 0 Å². The molecular weight excluding hydrogens is 358 g/mol. The first-order valence-corrected chi connectivity index (χ1v) is 7.20. The van der Waals surface area contributed by atoms with Crippen LogP contribution in [0.1, 0.15) is 22.0 Å². The van der Waals surface area contributed by atoms with Gasteiger partial charge in [0, 0.05) is 4.47 Å². The summed E-state index contributed by atoms with van der Waals surface area (Å²) < 4.78 is 0.738. The Morgan fingerprint density at radius 2 is 1.81 bits per heavy atom. The van der Waals surface area contributed by atoms with Gasteiger partial charge in [0.25, 0.3) is 5.91 Å². The Kier molecular flexibility index (Phi) is 4.98. The first-order chi connectivity index (χ1) is 9.99. The SMILES string of the molecule is O=C(N[C@@H](C(=O)O)c1ccccc1)c1ccc(Br)cc1Cl. The summed E-state index contributed by atoms with van der Waals surface area (Å²) in [6, 6.07) is 12.1. The Labute approximate surface area is 134 Å². The molecule has 0 saturated heterocycles. The summed E-state index contributed by atoms with van der Waals surface area (Å²) in [4.78, 5) is 23.5. The predicted molar refractivity (Wildman–Crippen MR) is 83.4 cm³/mol. The third kappa shape index (κ3) is 3.83. The molecule has 2 rings (SSSR count). The van der Waals surface area contributed by atoms with Gasteiger partial charge in [-0.1, -0.05) is 57.9 Å². The van der Waals surface area contributed by atoms with Crippen LogP contribution in [0.5, 0.6) is 0 Å². The Morgan fingerprint density at radius 1 is 1.14 bits per heavy atom. The Morgan fingerprint density at radius 3 is 2.38 bits per heavy atom. The molecule has 0 spiro atoms. The number of hydrogen-bond donors (Lipinski definition) is 2. The highest BCUT2D eigenvalue weighted by atomic mass is 79.9. The zero-order chi connectivity index (χ0) is 15.4. The van der Waals surface area contributed by atoms with Crippen LogP contribution >= 0.6 is 27.5 Å². The van der Waals surface area contributed by atoms with E-state index < -0.39 is 17.9 Å². The molecule has 0 aromatic heterocycles. The molecule has 0 aliphatic rings. The number of carbonyl (C=O) groups excluding carboxylic acids is 1. The summed E-state index contributed by atoms with van der Waals surface area (Å²) >= 11 is 9.24. The van der Waals surface area contributed by atoms with Crippen LogP contribution in [0.2, 0.25) is 5.02 Å². The summed E-state index contributed by atoms with van der Waals surface area (Å²) in [5.74, 6) is -1.67. The molecule has 0 radical (unpaired) electrons. The highest BCUT2D eigenvalue weighted by molar-refractivity contribution is 9.10. The highest BCUT2D eigenvalue weighted by Gasteiger charge is 2.23. The van der Waals surface area contributed by atoms with Gasteiger partial charge < -0.3 is 10.4 Å². The second-order valence-electron chi connectivity index (χ2n) is 4.28. The Balaban J connectivity index is 2.25. The van der Waals surface area contributed by atoms with E-state index in [0.29, 0.717) is 5.56 Å². The van der Waals surface area contributed by atoms with Crippen LogP contribution in [-0.4, -0.2) is 17.0 Å². The third-order valence-corrected chi connectivity index (χ3v) is 3.64. The van der Waals surface area contributed by atoms with Crippen molar-refractivity contribution >= 4 is 39.4 Å². The summed E-state index contributed by atoms with van der Waals surface area (Å²) in [6.07, 6.45) is 0. The maximum atomic E-state index is 12.2. The van der Waals surface area contributed by atoms with Gasteiger partial charge >= 0.3 is 5.97 Å². The van der Waals surface area contributed by atoms with Crippen molar-refractivity contribution in [2.75, 3.05) is 0 Å². The summed E-state index contributed by atoms with van der Waals surface area (Å²) in [7, 11) is 0. The van der Waals surface area contributed by atoms with Crippen LogP contribution < -0.4 is 5.32 Å². The Hall–Kier alpha value is -1.85. The van der Waals surface area contributed by atoms with Gasteiger partial charge in [0.05, 0.1) is 10.6 Å². The lowest BCUT2D eigenvalue weighted by Crippen LogP contribution is -2.33. The third-order valence-electron chi connectivity index (χ3n) is 2.83. The van der Waals surface area contributed by atoms with Crippen LogP contribution in [0.4, 0.5) is 0 Å². The molecule has 2 aromatic carbocycles. The smallest absolute Gasteiger partial charge is 0.330 e. The van der Waals surface area contributed by atoms with Crippen molar-refractivity contribution in [2.45, 2.75) is 6.04 Å². The number of carboxylic acids is 1. The number of carbonyl (C=O) groups is 2. The van der Waals surface area contributed by atoms with E-state index in [9.17, 15) is 14.7 Å². The molecule has 0 heterocycles. The van der Waals surface area contributed by atoms with E-state index in [1.165, 1.54) is 6.07 Å². The number of halogens is 2. The van der Waals surface area contributed by atoms with Gasteiger partial charge in [-0.05, 0) is 23.8 Å². The topological polar surface area (TPSA) is 66.4 Å². The van der Waals surface area contributed by atoms with Crippen molar-refractivity contribution in [3.8, 4) is 0 Å². The molecule has 108 valence electrons. The minimum Gasteiger partial charge on any atom is -0.479 e. The zero-order valence-electron chi connectivity index (χ0n) is 10.7. The van der Waals surface area contributed by atoms with Gasteiger partial charge in [-0.25, -0.2) is 4.79 Å². The number of carboxylic acid groups (broad SMARTS) is 1. The molecule has 2 aromatic rings. The average Bonchev–Trinajstić information content (AvgIpc) is 2.45. The number of benzene rings is 2. The van der Waals surface area contributed by atoms with Crippen molar-refractivity contribution in [1.82, 2.24) is 5.32 Å². The molecule has 0 aliphatic carbocycles. The van der Waals surface area contributed by atoms with Gasteiger partial charge in [0.2, 0.25) is 0 Å². The normalized spacial score (nSPS) is 11.7. The van der Waals surface area contributed by atoms with Crippen molar-refractivity contribution in [2.24, 2.45) is 0 Å². The quantitative estimate of drug-likeness (QED) is 0.865. The van der Waals surface area contributed by atoms with E-state index in [0.717, 1.165) is 4.47 Å². The van der Waals surface area contributed by atoms with Crippen LogP contribution in [0.25, 0.3) is 0 Å². The lowest BCUT2D eigenvalue weighted by atomic mass is 10.1. The number of aliphatic carboxylic acids is 1. The highest BCUT2D eigenvalue weighted by Crippen LogP contribution is 2.22. The number of amides is 1. The molecule has 0 unspecified atom stereocenters.